The third-order valence-electron chi connectivity index (χ3n) is 4.02. The molecular weight excluding hydrogens is 420 g/mol. The molecule has 1 aliphatic heterocycles. The normalized spacial score (nSPS) is 25.2. The first-order valence-electron chi connectivity index (χ1n) is 9.65. The number of aliphatic carboxylic acids is 1. The minimum absolute atomic E-state index is 0.0427. The fraction of sp³-hybridized carbons (Fsp3) is 0.737. The summed E-state index contributed by atoms with van der Waals surface area (Å²) in [6, 6.07) is 0. The molecule has 0 radical (unpaired) electrons. The zero-order chi connectivity index (χ0) is 23.6. The van der Waals surface area contributed by atoms with Gasteiger partial charge in [0.2, 0.25) is 0 Å². The van der Waals surface area contributed by atoms with E-state index in [1.807, 2.05) is 0 Å². The molecule has 1 fully saturated rings. The number of carbonyl (C=O) groups is 5. The van der Waals surface area contributed by atoms with Gasteiger partial charge in [-0.25, -0.2) is 0 Å². The highest BCUT2D eigenvalue weighted by Crippen LogP contribution is 2.30. The van der Waals surface area contributed by atoms with Gasteiger partial charge in [-0.15, -0.1) is 0 Å². The van der Waals surface area contributed by atoms with Crippen molar-refractivity contribution in [2.45, 2.75) is 77.7 Å². The molecular formula is C19H28O12. The van der Waals surface area contributed by atoms with Crippen LogP contribution in [0.15, 0.2) is 0 Å². The van der Waals surface area contributed by atoms with Crippen LogP contribution in [0, 0.1) is 0 Å². The van der Waals surface area contributed by atoms with Gasteiger partial charge < -0.3 is 33.5 Å². The monoisotopic (exact) mass is 448 g/mol. The lowest BCUT2D eigenvalue weighted by molar-refractivity contribution is -0.308. The number of rotatable bonds is 11. The van der Waals surface area contributed by atoms with Crippen molar-refractivity contribution >= 4 is 29.8 Å². The summed E-state index contributed by atoms with van der Waals surface area (Å²) >= 11 is 0. The van der Waals surface area contributed by atoms with Gasteiger partial charge in [-0.2, -0.15) is 0 Å². The van der Waals surface area contributed by atoms with E-state index in [1.165, 1.54) is 6.92 Å². The molecule has 0 aromatic heterocycles. The van der Waals surface area contributed by atoms with Crippen LogP contribution in [0.4, 0.5) is 0 Å². The average Bonchev–Trinajstić information content (AvgIpc) is 2.62. The molecule has 0 unspecified atom stereocenters. The lowest BCUT2D eigenvalue weighted by Crippen LogP contribution is -2.63. The van der Waals surface area contributed by atoms with Gasteiger partial charge in [0.15, 0.2) is 24.6 Å². The van der Waals surface area contributed by atoms with E-state index in [4.69, 9.17) is 33.5 Å². The third kappa shape index (κ3) is 9.75. The second-order valence-electron chi connectivity index (χ2n) is 6.79. The first kappa shape index (κ1) is 26.3. The molecule has 0 aliphatic carbocycles. The van der Waals surface area contributed by atoms with E-state index in [0.29, 0.717) is 12.8 Å². The highest BCUT2D eigenvalue weighted by molar-refractivity contribution is 5.68. The van der Waals surface area contributed by atoms with Crippen molar-refractivity contribution in [3.05, 3.63) is 0 Å². The molecule has 0 aromatic rings. The first-order valence-corrected chi connectivity index (χ1v) is 9.65. The summed E-state index contributed by atoms with van der Waals surface area (Å²) < 4.78 is 32.1. The van der Waals surface area contributed by atoms with Gasteiger partial charge in [-0.3, -0.25) is 24.0 Å². The van der Waals surface area contributed by atoms with Crippen LogP contribution >= 0.6 is 0 Å². The summed E-state index contributed by atoms with van der Waals surface area (Å²) in [5, 5.41) is 8.71. The van der Waals surface area contributed by atoms with Gasteiger partial charge in [-0.1, -0.05) is 0 Å². The molecule has 5 atom stereocenters. The number of unbranched alkanes of at least 4 members (excludes halogenated alkanes) is 1. The largest absolute Gasteiger partial charge is 0.481 e. The Morgan fingerprint density at radius 1 is 0.774 bits per heavy atom. The van der Waals surface area contributed by atoms with Crippen molar-refractivity contribution in [3.63, 3.8) is 0 Å². The van der Waals surface area contributed by atoms with Gasteiger partial charge in [0.05, 0.1) is 0 Å². The molecule has 0 aromatic carbocycles. The summed E-state index contributed by atoms with van der Waals surface area (Å²) in [5.74, 6) is -3.78. The van der Waals surface area contributed by atoms with Crippen molar-refractivity contribution < 1.29 is 57.5 Å². The van der Waals surface area contributed by atoms with Crippen molar-refractivity contribution in [2.24, 2.45) is 0 Å². The van der Waals surface area contributed by atoms with E-state index in [-0.39, 0.29) is 19.6 Å². The van der Waals surface area contributed by atoms with Crippen LogP contribution in [0.1, 0.15) is 47.0 Å². The summed E-state index contributed by atoms with van der Waals surface area (Å²) in [6.07, 6.45) is -5.56. The number of esters is 4. The van der Waals surface area contributed by atoms with Crippen LogP contribution in [-0.4, -0.2) is 78.9 Å². The predicted molar refractivity (Wildman–Crippen MR) is 99.4 cm³/mol. The second-order valence-corrected chi connectivity index (χ2v) is 6.79. The molecule has 31 heavy (non-hydrogen) atoms. The Labute approximate surface area is 179 Å². The number of hydrogen-bond acceptors (Lipinski definition) is 11. The van der Waals surface area contributed by atoms with Crippen LogP contribution in [0.3, 0.4) is 0 Å². The van der Waals surface area contributed by atoms with E-state index in [2.05, 4.69) is 0 Å². The Balaban J connectivity index is 3.11. The van der Waals surface area contributed by atoms with Crippen molar-refractivity contribution in [3.8, 4) is 0 Å². The quantitative estimate of drug-likeness (QED) is 0.262. The zero-order valence-electron chi connectivity index (χ0n) is 17.9. The Bertz CT molecular complexity index is 660. The maximum Gasteiger partial charge on any atom is 0.303 e. The number of hydrogen-bond donors (Lipinski definition) is 1. The molecule has 176 valence electrons. The van der Waals surface area contributed by atoms with E-state index in [1.54, 1.807) is 0 Å². The van der Waals surface area contributed by atoms with Crippen LogP contribution < -0.4 is 0 Å². The molecule has 1 rings (SSSR count). The Morgan fingerprint density at radius 3 is 1.84 bits per heavy atom. The molecule has 12 nitrogen and oxygen atoms in total. The van der Waals surface area contributed by atoms with E-state index in [0.717, 1.165) is 20.8 Å². The van der Waals surface area contributed by atoms with Crippen molar-refractivity contribution in [1.82, 2.24) is 0 Å². The maximum atomic E-state index is 11.7. The Kier molecular flexibility index (Phi) is 10.9. The summed E-state index contributed by atoms with van der Waals surface area (Å²) in [7, 11) is 0. The molecule has 1 N–H and O–H groups in total. The smallest absolute Gasteiger partial charge is 0.303 e. The number of carboxylic acids is 1. The van der Waals surface area contributed by atoms with Gasteiger partial charge in [0, 0.05) is 40.7 Å². The zero-order valence-corrected chi connectivity index (χ0v) is 17.9. The summed E-state index contributed by atoms with van der Waals surface area (Å²) in [4.78, 5) is 56.8. The Hall–Kier alpha value is -2.73. The molecule has 1 aliphatic rings. The fourth-order valence-electron chi connectivity index (χ4n) is 2.90. The summed E-state index contributed by atoms with van der Waals surface area (Å²) in [6.45, 7) is 4.23. The van der Waals surface area contributed by atoms with Gasteiger partial charge in [-0.05, 0) is 12.8 Å². The molecule has 0 amide bonds. The maximum absolute atomic E-state index is 11.7. The molecule has 1 saturated heterocycles. The topological polar surface area (TPSA) is 161 Å². The van der Waals surface area contributed by atoms with E-state index < -0.39 is 60.6 Å². The van der Waals surface area contributed by atoms with Crippen molar-refractivity contribution in [1.29, 1.82) is 0 Å². The van der Waals surface area contributed by atoms with Gasteiger partial charge in [0.1, 0.15) is 12.7 Å². The molecule has 0 spiro atoms. The molecule has 0 bridgehead atoms. The molecule has 12 heteroatoms. The predicted octanol–water partition coefficient (Wildman–Crippen LogP) is 0.341. The highest BCUT2D eigenvalue weighted by atomic mass is 16.7. The minimum Gasteiger partial charge on any atom is -0.481 e. The minimum atomic E-state index is -1.30. The van der Waals surface area contributed by atoms with E-state index >= 15 is 0 Å². The SMILES string of the molecule is CC(=O)OC[C@H]1O[C@H](OCCCCC(=O)O)[C@@H](OC(C)=O)[C@@H](OC(C)=O)[C@@H]1OC(C)=O. The van der Waals surface area contributed by atoms with E-state index in [9.17, 15) is 24.0 Å². The standard InChI is InChI=1S/C19H28O12/c1-10(20)27-9-14-16(28-11(2)21)17(29-12(3)22)18(30-13(4)23)19(31-14)26-8-6-5-7-15(24)25/h14,16-19H,5-9H2,1-4H3,(H,24,25)/t14-,16-,17+,18+,19+/m1/s1. The van der Waals surface area contributed by atoms with Crippen LogP contribution in [0.5, 0.6) is 0 Å². The molecule has 0 saturated carbocycles. The number of carbonyl (C=O) groups excluding carboxylic acids is 4. The molecule has 1 heterocycles. The Morgan fingerprint density at radius 2 is 1.32 bits per heavy atom. The summed E-state index contributed by atoms with van der Waals surface area (Å²) in [5.41, 5.74) is 0. The van der Waals surface area contributed by atoms with Gasteiger partial charge >= 0.3 is 29.8 Å². The van der Waals surface area contributed by atoms with Crippen LogP contribution in [0.25, 0.3) is 0 Å². The lowest BCUT2D eigenvalue weighted by atomic mass is 9.98. The van der Waals surface area contributed by atoms with Crippen molar-refractivity contribution in [2.75, 3.05) is 13.2 Å². The highest BCUT2D eigenvalue weighted by Gasteiger charge is 2.52. The first-order chi connectivity index (χ1) is 14.5. The fourth-order valence-corrected chi connectivity index (χ4v) is 2.90. The van der Waals surface area contributed by atoms with Crippen LogP contribution in [-0.2, 0) is 52.4 Å². The number of carboxylic acid groups (broad SMARTS) is 1. The average molecular weight is 448 g/mol. The van der Waals surface area contributed by atoms with Crippen LogP contribution in [0.2, 0.25) is 0 Å². The lowest BCUT2D eigenvalue weighted by Gasteiger charge is -2.44. The second kappa shape index (κ2) is 12.8. The number of ether oxygens (including phenoxy) is 6. The third-order valence-corrected chi connectivity index (χ3v) is 4.02. The van der Waals surface area contributed by atoms with Gasteiger partial charge in [0.25, 0.3) is 0 Å².